The Morgan fingerprint density at radius 2 is 2.33 bits per heavy atom. The number of carbonyl (C=O) groups is 1. The molecule has 0 aromatic carbocycles. The van der Waals surface area contributed by atoms with Gasteiger partial charge in [0.2, 0.25) is 0 Å². The molecule has 0 aromatic rings. The van der Waals surface area contributed by atoms with Gasteiger partial charge in [0.25, 0.3) is 5.91 Å². The molecule has 1 aliphatic heterocycles. The van der Waals surface area contributed by atoms with Crippen LogP contribution in [0.2, 0.25) is 0 Å². The van der Waals surface area contributed by atoms with Crippen molar-refractivity contribution in [2.24, 2.45) is 0 Å². The molecule has 0 radical (unpaired) electrons. The molecule has 0 atom stereocenters. The third-order valence-corrected chi connectivity index (χ3v) is 1.33. The molecule has 52 valence electrons. The maximum atomic E-state index is 10.7. The van der Waals surface area contributed by atoms with Crippen LogP contribution >= 0.6 is 0 Å². The zero-order chi connectivity index (χ0) is 6.91. The van der Waals surface area contributed by atoms with E-state index in [2.05, 4.69) is 10.1 Å². The summed E-state index contributed by atoms with van der Waals surface area (Å²) in [7, 11) is 1.48. The predicted molar refractivity (Wildman–Crippen MR) is 29.8 cm³/mol. The molecule has 1 fully saturated rings. The van der Waals surface area contributed by atoms with Crippen molar-refractivity contribution in [1.82, 2.24) is 5.32 Å². The first-order chi connectivity index (χ1) is 4.19. The van der Waals surface area contributed by atoms with Crippen LogP contribution in [0.5, 0.6) is 0 Å². The number of hydrogen-bond donors (Lipinski definition) is 2. The molecular formula is C5H9NO3. The lowest BCUT2D eigenvalue weighted by atomic mass is 10.0. The van der Waals surface area contributed by atoms with Crippen LogP contribution in [0.4, 0.5) is 0 Å². The molecule has 0 aromatic heterocycles. The lowest BCUT2D eigenvalue weighted by Gasteiger charge is -2.33. The summed E-state index contributed by atoms with van der Waals surface area (Å²) in [5.41, 5.74) is -1.24. The largest absolute Gasteiger partial charge is 0.376 e. The van der Waals surface area contributed by atoms with Crippen LogP contribution in [-0.4, -0.2) is 36.9 Å². The van der Waals surface area contributed by atoms with Crippen molar-refractivity contribution in [1.29, 1.82) is 0 Å². The summed E-state index contributed by atoms with van der Waals surface area (Å²) in [6.07, 6.45) is 0. The summed E-state index contributed by atoms with van der Waals surface area (Å²) in [5, 5.41) is 11.5. The molecule has 2 N–H and O–H groups in total. The molecular weight excluding hydrogens is 122 g/mol. The zero-order valence-corrected chi connectivity index (χ0v) is 5.18. The Hall–Kier alpha value is -0.610. The number of ether oxygens (including phenoxy) is 1. The molecule has 1 saturated heterocycles. The summed E-state index contributed by atoms with van der Waals surface area (Å²) in [6.45, 7) is 0.235. The molecule has 0 unspecified atom stereocenters. The molecule has 9 heavy (non-hydrogen) atoms. The Morgan fingerprint density at radius 1 is 1.78 bits per heavy atom. The van der Waals surface area contributed by atoms with E-state index < -0.39 is 5.60 Å². The molecule has 1 amide bonds. The first-order valence-electron chi connectivity index (χ1n) is 2.71. The van der Waals surface area contributed by atoms with Crippen molar-refractivity contribution in [3.63, 3.8) is 0 Å². The van der Waals surface area contributed by atoms with E-state index >= 15 is 0 Å². The van der Waals surface area contributed by atoms with Gasteiger partial charge in [-0.05, 0) is 0 Å². The maximum Gasteiger partial charge on any atom is 0.256 e. The fourth-order valence-electron chi connectivity index (χ4n) is 0.659. The highest BCUT2D eigenvalue weighted by Crippen LogP contribution is 2.15. The molecule has 1 heterocycles. The molecule has 1 aliphatic rings. The minimum absolute atomic E-state index is 0.118. The van der Waals surface area contributed by atoms with Crippen molar-refractivity contribution in [3.05, 3.63) is 0 Å². The highest BCUT2D eigenvalue weighted by atomic mass is 16.5. The second-order valence-corrected chi connectivity index (χ2v) is 2.10. The Kier molecular flexibility index (Phi) is 1.42. The van der Waals surface area contributed by atoms with Crippen LogP contribution in [0.3, 0.4) is 0 Å². The quantitative estimate of drug-likeness (QED) is 0.455. The lowest BCUT2D eigenvalue weighted by Crippen LogP contribution is -2.59. The first kappa shape index (κ1) is 6.51. The van der Waals surface area contributed by atoms with Gasteiger partial charge in [-0.15, -0.1) is 0 Å². The van der Waals surface area contributed by atoms with Gasteiger partial charge in [-0.3, -0.25) is 4.79 Å². The van der Waals surface area contributed by atoms with Gasteiger partial charge in [0.05, 0.1) is 13.2 Å². The van der Waals surface area contributed by atoms with Crippen LogP contribution in [0, 0.1) is 0 Å². The normalized spacial score (nSPS) is 22.4. The number of likely N-dealkylation sites (N-methyl/N-ethyl adjacent to an activating group) is 1. The summed E-state index contributed by atoms with van der Waals surface area (Å²) < 4.78 is 4.65. The van der Waals surface area contributed by atoms with Crippen molar-refractivity contribution in [2.75, 3.05) is 20.3 Å². The third kappa shape index (κ3) is 0.906. The van der Waals surface area contributed by atoms with E-state index in [-0.39, 0.29) is 19.1 Å². The van der Waals surface area contributed by atoms with Crippen LogP contribution in [0.25, 0.3) is 0 Å². The highest BCUT2D eigenvalue weighted by molar-refractivity contribution is 5.85. The lowest BCUT2D eigenvalue weighted by molar-refractivity contribution is -0.190. The van der Waals surface area contributed by atoms with Crippen molar-refractivity contribution >= 4 is 5.91 Å². The average Bonchev–Trinajstić information content (AvgIpc) is 1.81. The minimum Gasteiger partial charge on any atom is -0.376 e. The molecule has 1 rings (SSSR count). The predicted octanol–water partition coefficient (Wildman–Crippen LogP) is -1.51. The third-order valence-electron chi connectivity index (χ3n) is 1.33. The molecule has 0 bridgehead atoms. The monoisotopic (exact) mass is 131 g/mol. The van der Waals surface area contributed by atoms with Crippen LogP contribution in [-0.2, 0) is 9.53 Å². The number of nitrogens with one attached hydrogen (secondary N) is 1. The van der Waals surface area contributed by atoms with Gasteiger partial charge in [0.15, 0.2) is 5.60 Å². The van der Waals surface area contributed by atoms with E-state index in [1.807, 2.05) is 0 Å². The number of rotatable bonds is 1. The highest BCUT2D eigenvalue weighted by Gasteiger charge is 2.43. The fourth-order valence-corrected chi connectivity index (χ4v) is 0.659. The molecule has 0 spiro atoms. The Morgan fingerprint density at radius 3 is 2.44 bits per heavy atom. The number of amides is 1. The van der Waals surface area contributed by atoms with Gasteiger partial charge in [-0.25, -0.2) is 0 Å². The van der Waals surface area contributed by atoms with Gasteiger partial charge in [-0.2, -0.15) is 0 Å². The van der Waals surface area contributed by atoms with Crippen molar-refractivity contribution in [3.8, 4) is 0 Å². The summed E-state index contributed by atoms with van der Waals surface area (Å²) in [6, 6.07) is 0. The zero-order valence-electron chi connectivity index (χ0n) is 5.18. The summed E-state index contributed by atoms with van der Waals surface area (Å²) >= 11 is 0. The molecule has 0 aliphatic carbocycles. The maximum absolute atomic E-state index is 10.7. The van der Waals surface area contributed by atoms with E-state index in [1.54, 1.807) is 0 Å². The molecule has 4 heteroatoms. The second-order valence-electron chi connectivity index (χ2n) is 2.10. The minimum atomic E-state index is -1.24. The Bertz CT molecular complexity index is 130. The second kappa shape index (κ2) is 1.97. The van der Waals surface area contributed by atoms with Gasteiger partial charge < -0.3 is 15.2 Å². The number of aliphatic hydroxyl groups is 1. The molecule has 0 saturated carbocycles. The summed E-state index contributed by atoms with van der Waals surface area (Å²) in [5.74, 6) is -0.367. The van der Waals surface area contributed by atoms with Gasteiger partial charge in [-0.1, -0.05) is 0 Å². The topological polar surface area (TPSA) is 58.6 Å². The van der Waals surface area contributed by atoms with E-state index in [0.717, 1.165) is 0 Å². The van der Waals surface area contributed by atoms with E-state index in [1.165, 1.54) is 7.05 Å². The molecule has 4 nitrogen and oxygen atoms in total. The Balaban J connectivity index is 2.49. The van der Waals surface area contributed by atoms with Crippen LogP contribution in [0.1, 0.15) is 0 Å². The average molecular weight is 131 g/mol. The Labute approximate surface area is 52.8 Å². The smallest absolute Gasteiger partial charge is 0.256 e. The van der Waals surface area contributed by atoms with E-state index in [9.17, 15) is 4.79 Å². The van der Waals surface area contributed by atoms with Gasteiger partial charge >= 0.3 is 0 Å². The van der Waals surface area contributed by atoms with Crippen molar-refractivity contribution in [2.45, 2.75) is 5.60 Å². The van der Waals surface area contributed by atoms with Gasteiger partial charge in [0, 0.05) is 7.05 Å². The van der Waals surface area contributed by atoms with Gasteiger partial charge in [0.1, 0.15) is 0 Å². The number of hydrogen-bond acceptors (Lipinski definition) is 3. The first-order valence-corrected chi connectivity index (χ1v) is 2.71. The van der Waals surface area contributed by atoms with Crippen LogP contribution in [0.15, 0.2) is 0 Å². The van der Waals surface area contributed by atoms with Crippen molar-refractivity contribution < 1.29 is 14.6 Å². The fraction of sp³-hybridized carbons (Fsp3) is 0.800. The van der Waals surface area contributed by atoms with Crippen LogP contribution < -0.4 is 5.32 Å². The van der Waals surface area contributed by atoms with E-state index in [0.29, 0.717) is 0 Å². The SMILES string of the molecule is CNC(=O)C1(O)COC1. The van der Waals surface area contributed by atoms with E-state index in [4.69, 9.17) is 5.11 Å². The summed E-state index contributed by atoms with van der Waals surface area (Å²) in [4.78, 5) is 10.7. The standard InChI is InChI=1S/C5H9NO3/c1-6-4(7)5(8)2-9-3-5/h8H,2-3H2,1H3,(H,6,7). The number of carbonyl (C=O) groups excluding carboxylic acids is 1.